The Kier molecular flexibility index (Phi) is 8.12. The molecule has 0 amide bonds. The molecule has 2 heteroatoms. The molecule has 1 fully saturated rings. The van der Waals surface area contributed by atoms with Crippen molar-refractivity contribution in [2.24, 2.45) is 5.92 Å². The summed E-state index contributed by atoms with van der Waals surface area (Å²) >= 11 is 0. The van der Waals surface area contributed by atoms with Crippen LogP contribution in [0.3, 0.4) is 0 Å². The third-order valence-corrected chi connectivity index (χ3v) is 6.45. The minimum Gasteiger partial charge on any atom is -0.381 e. The number of rotatable bonds is 3. The molecule has 1 unspecified atom stereocenters. The SMILES string of the molecule is C#Cc1cccc(-c2cccc(CC3CCCOCC3)c2)c1.[CH2]C1=CC(=O)Cc2ccccc21. The minimum absolute atomic E-state index is 0.152. The monoisotopic (exact) mass is 447 g/mol. The van der Waals surface area contributed by atoms with Gasteiger partial charge >= 0.3 is 0 Å². The van der Waals surface area contributed by atoms with Crippen molar-refractivity contribution in [2.75, 3.05) is 13.2 Å². The number of hydrogen-bond acceptors (Lipinski definition) is 2. The largest absolute Gasteiger partial charge is 0.381 e. The van der Waals surface area contributed by atoms with E-state index in [4.69, 9.17) is 11.2 Å². The van der Waals surface area contributed by atoms with Gasteiger partial charge in [0.2, 0.25) is 0 Å². The van der Waals surface area contributed by atoms with Gasteiger partial charge in [0.15, 0.2) is 5.78 Å². The number of ketones is 1. The number of benzene rings is 3. The number of hydrogen-bond donors (Lipinski definition) is 0. The summed E-state index contributed by atoms with van der Waals surface area (Å²) < 4.78 is 5.56. The van der Waals surface area contributed by atoms with Crippen LogP contribution in [-0.2, 0) is 22.4 Å². The number of ether oxygens (including phenoxy) is 1. The van der Waals surface area contributed by atoms with Gasteiger partial charge in [-0.1, -0.05) is 66.6 Å². The lowest BCUT2D eigenvalue weighted by Gasteiger charge is -2.14. The molecule has 1 aliphatic carbocycles. The maximum Gasteiger partial charge on any atom is 0.160 e. The van der Waals surface area contributed by atoms with Crippen LogP contribution in [0.1, 0.15) is 41.5 Å². The highest BCUT2D eigenvalue weighted by molar-refractivity contribution is 6.02. The summed E-state index contributed by atoms with van der Waals surface area (Å²) in [5.74, 6) is 3.61. The topological polar surface area (TPSA) is 26.3 Å². The number of terminal acetylenes is 1. The van der Waals surface area contributed by atoms with Crippen molar-refractivity contribution in [1.82, 2.24) is 0 Å². The van der Waals surface area contributed by atoms with Crippen LogP contribution in [0.15, 0.2) is 78.9 Å². The van der Waals surface area contributed by atoms with Gasteiger partial charge in [0, 0.05) is 25.2 Å². The summed E-state index contributed by atoms with van der Waals surface area (Å²) in [5, 5.41) is 0. The van der Waals surface area contributed by atoms with Gasteiger partial charge in [-0.05, 0) is 90.1 Å². The van der Waals surface area contributed by atoms with E-state index in [0.717, 1.165) is 47.8 Å². The van der Waals surface area contributed by atoms with Crippen LogP contribution < -0.4 is 0 Å². The normalized spacial score (nSPS) is 17.4. The molecule has 3 aromatic carbocycles. The molecule has 2 nitrogen and oxygen atoms in total. The van der Waals surface area contributed by atoms with Crippen LogP contribution in [0.2, 0.25) is 0 Å². The molecule has 1 radical (unpaired) electrons. The Bertz CT molecular complexity index is 1200. The molecule has 171 valence electrons. The molecule has 0 saturated carbocycles. The Labute approximate surface area is 203 Å². The molecule has 1 aliphatic heterocycles. The van der Waals surface area contributed by atoms with E-state index < -0.39 is 0 Å². The standard InChI is InChI=1S/C21H22O.C11H9O/c1-2-17-6-3-9-20(15-17)21-10-4-7-19(16-21)14-18-8-5-12-22-13-11-18;1-8-6-10(12)7-9-4-2-3-5-11(8)9/h1,3-4,6-7,9-10,15-16,18H,5,8,11-14H2;2-6H,1,7H2. The average molecular weight is 448 g/mol. The van der Waals surface area contributed by atoms with Crippen LogP contribution in [0.4, 0.5) is 0 Å². The number of carbonyl (C=O) groups excluding carboxylic acids is 1. The van der Waals surface area contributed by atoms with Gasteiger partial charge in [-0.3, -0.25) is 4.79 Å². The smallest absolute Gasteiger partial charge is 0.160 e. The molecule has 0 spiro atoms. The van der Waals surface area contributed by atoms with E-state index >= 15 is 0 Å². The Hall–Kier alpha value is -3.41. The molecule has 0 aromatic heterocycles. The highest BCUT2D eigenvalue weighted by Gasteiger charge is 2.14. The summed E-state index contributed by atoms with van der Waals surface area (Å²) in [4.78, 5) is 11.1. The molecule has 1 saturated heterocycles. The van der Waals surface area contributed by atoms with E-state index in [0.29, 0.717) is 6.42 Å². The van der Waals surface area contributed by atoms with Crippen LogP contribution in [-0.4, -0.2) is 19.0 Å². The fraction of sp³-hybridized carbons (Fsp3) is 0.250. The second-order valence-corrected chi connectivity index (χ2v) is 9.01. The third-order valence-electron chi connectivity index (χ3n) is 6.45. The fourth-order valence-corrected chi connectivity index (χ4v) is 4.67. The van der Waals surface area contributed by atoms with Crippen molar-refractivity contribution < 1.29 is 9.53 Å². The number of allylic oxidation sites excluding steroid dienone is 2. The van der Waals surface area contributed by atoms with Gasteiger partial charge in [0.25, 0.3) is 0 Å². The first kappa shape index (κ1) is 23.7. The Balaban J connectivity index is 0.000000192. The third kappa shape index (κ3) is 6.34. The lowest BCUT2D eigenvalue weighted by Crippen LogP contribution is -2.07. The van der Waals surface area contributed by atoms with Crippen molar-refractivity contribution in [3.63, 3.8) is 0 Å². The van der Waals surface area contributed by atoms with Gasteiger partial charge in [-0.2, -0.15) is 0 Å². The molecule has 3 aromatic rings. The van der Waals surface area contributed by atoms with E-state index in [1.807, 2.05) is 36.4 Å². The van der Waals surface area contributed by atoms with Crippen LogP contribution in [0, 0.1) is 25.2 Å². The van der Waals surface area contributed by atoms with Gasteiger partial charge in [0.1, 0.15) is 0 Å². The highest BCUT2D eigenvalue weighted by Crippen LogP contribution is 2.26. The van der Waals surface area contributed by atoms with Gasteiger partial charge in [-0.25, -0.2) is 0 Å². The first-order valence-electron chi connectivity index (χ1n) is 12.0. The Morgan fingerprint density at radius 1 is 0.941 bits per heavy atom. The van der Waals surface area contributed by atoms with Crippen molar-refractivity contribution in [1.29, 1.82) is 0 Å². The molecule has 34 heavy (non-hydrogen) atoms. The number of carbonyl (C=O) groups is 1. The summed E-state index contributed by atoms with van der Waals surface area (Å²) in [6.07, 6.45) is 12.4. The predicted molar refractivity (Wildman–Crippen MR) is 140 cm³/mol. The summed E-state index contributed by atoms with van der Waals surface area (Å²) in [6, 6.07) is 25.0. The molecule has 0 N–H and O–H groups in total. The molecule has 2 aliphatic rings. The van der Waals surface area contributed by atoms with E-state index in [-0.39, 0.29) is 5.78 Å². The highest BCUT2D eigenvalue weighted by atomic mass is 16.5. The maximum atomic E-state index is 11.1. The summed E-state index contributed by atoms with van der Waals surface area (Å²) in [5.41, 5.74) is 7.83. The second-order valence-electron chi connectivity index (χ2n) is 9.01. The second kappa shape index (κ2) is 11.6. The lowest BCUT2D eigenvalue weighted by molar-refractivity contribution is -0.114. The number of fused-ring (bicyclic) bond motifs is 1. The van der Waals surface area contributed by atoms with Gasteiger partial charge < -0.3 is 4.74 Å². The van der Waals surface area contributed by atoms with Crippen molar-refractivity contribution >= 4 is 11.4 Å². The zero-order valence-electron chi connectivity index (χ0n) is 19.6. The van der Waals surface area contributed by atoms with Crippen LogP contribution >= 0.6 is 0 Å². The fourth-order valence-electron chi connectivity index (χ4n) is 4.67. The molecular formula is C32H31O2. The molecule has 1 heterocycles. The zero-order valence-corrected chi connectivity index (χ0v) is 19.6. The first-order chi connectivity index (χ1) is 16.6. The maximum absolute atomic E-state index is 11.1. The van der Waals surface area contributed by atoms with Crippen molar-refractivity contribution in [3.05, 3.63) is 108 Å². The predicted octanol–water partition coefficient (Wildman–Crippen LogP) is 6.72. The lowest BCUT2D eigenvalue weighted by atomic mass is 9.91. The van der Waals surface area contributed by atoms with Crippen molar-refractivity contribution in [2.45, 2.75) is 32.1 Å². The summed E-state index contributed by atoms with van der Waals surface area (Å²) in [6.45, 7) is 5.67. The minimum atomic E-state index is 0.152. The van der Waals surface area contributed by atoms with E-state index in [2.05, 4.69) is 49.2 Å². The van der Waals surface area contributed by atoms with Crippen LogP contribution in [0.25, 0.3) is 16.7 Å². The van der Waals surface area contributed by atoms with E-state index in [9.17, 15) is 4.79 Å². The summed E-state index contributed by atoms with van der Waals surface area (Å²) in [7, 11) is 0. The van der Waals surface area contributed by atoms with E-state index in [1.165, 1.54) is 36.0 Å². The Morgan fingerprint density at radius 3 is 2.59 bits per heavy atom. The van der Waals surface area contributed by atoms with Gasteiger partial charge in [-0.15, -0.1) is 6.42 Å². The van der Waals surface area contributed by atoms with Crippen LogP contribution in [0.5, 0.6) is 0 Å². The molecule has 5 rings (SSSR count). The van der Waals surface area contributed by atoms with Gasteiger partial charge in [0.05, 0.1) is 0 Å². The molecule has 1 atom stereocenters. The Morgan fingerprint density at radius 2 is 1.74 bits per heavy atom. The molecule has 0 bridgehead atoms. The zero-order chi connectivity index (χ0) is 23.8. The van der Waals surface area contributed by atoms with Crippen molar-refractivity contribution in [3.8, 4) is 23.5 Å². The van der Waals surface area contributed by atoms with E-state index in [1.54, 1.807) is 6.08 Å². The molecular weight excluding hydrogens is 416 g/mol. The quantitative estimate of drug-likeness (QED) is 0.417. The average Bonchev–Trinajstić information content (AvgIpc) is 3.13. The first-order valence-corrected chi connectivity index (χ1v) is 12.0.